The average Bonchev–Trinajstić information content (AvgIpc) is 3.88. The van der Waals surface area contributed by atoms with E-state index in [-0.39, 0.29) is 35.7 Å². The van der Waals surface area contributed by atoms with Crippen molar-refractivity contribution in [3.8, 4) is 45.5 Å². The fraction of sp³-hybridized carbons (Fsp3) is 0.450. The van der Waals surface area contributed by atoms with Gasteiger partial charge in [-0.15, -0.1) is 0 Å². The summed E-state index contributed by atoms with van der Waals surface area (Å²) in [4.78, 5) is 66.7. The number of rotatable bonds is 16. The number of imidazole rings is 2. The lowest BCUT2D eigenvalue weighted by Gasteiger charge is -2.25. The van der Waals surface area contributed by atoms with Crippen LogP contribution in [0.5, 0.6) is 23.0 Å². The Morgan fingerprint density at radius 2 is 1.00 bits per heavy atom. The van der Waals surface area contributed by atoms with E-state index in [0.717, 1.165) is 34.6 Å². The van der Waals surface area contributed by atoms with Gasteiger partial charge in [0.1, 0.15) is 23.7 Å². The molecule has 4 amide bonds. The Labute approximate surface area is 342 Å². The van der Waals surface area contributed by atoms with Crippen LogP contribution in [0.15, 0.2) is 48.8 Å². The molecular formula is C40H56N8O8Si2. The monoisotopic (exact) mass is 832 g/mol. The molecule has 0 radical (unpaired) electrons. The third-order valence-corrected chi connectivity index (χ3v) is 12.5. The van der Waals surface area contributed by atoms with Crippen molar-refractivity contribution in [3.05, 3.63) is 60.4 Å². The second-order valence-corrected chi connectivity index (χ2v) is 22.5. The Morgan fingerprint density at radius 1 is 0.621 bits per heavy atom. The number of carbonyl (C=O) groups is 4. The van der Waals surface area contributed by atoms with Crippen LogP contribution in [0, 0.1) is 11.8 Å². The van der Waals surface area contributed by atoms with Crippen LogP contribution in [-0.2, 0) is 19.1 Å². The lowest BCUT2D eigenvalue weighted by Crippen LogP contribution is -2.50. The number of hydrogen-bond donors (Lipinski definition) is 6. The van der Waals surface area contributed by atoms with Gasteiger partial charge >= 0.3 is 12.2 Å². The van der Waals surface area contributed by atoms with Crippen molar-refractivity contribution in [2.24, 2.45) is 11.8 Å². The van der Waals surface area contributed by atoms with Crippen molar-refractivity contribution >= 4 is 41.6 Å². The zero-order valence-electron chi connectivity index (χ0n) is 34.8. The van der Waals surface area contributed by atoms with Crippen molar-refractivity contribution in [2.75, 3.05) is 14.2 Å². The molecule has 6 N–H and O–H groups in total. The van der Waals surface area contributed by atoms with Gasteiger partial charge in [-0.25, -0.2) is 19.6 Å². The SMILES string of the molecule is COC(=O)N[C@H](C(=O)N[C@@H](C[SiH](C)C)c1ncc(-c2ccc3c(c2)Oc2ccc(-c4cnc([C@H](C[SiH](C)C)NC(=O)[C@@H](NC(=O)OC)C(C)C)[nH]4)cc2O3)[nH]1)C(C)C. The normalized spacial score (nSPS) is 14.0. The second kappa shape index (κ2) is 19.2. The van der Waals surface area contributed by atoms with Gasteiger partial charge in [0.05, 0.1) is 50.1 Å². The topological polar surface area (TPSA) is 211 Å². The van der Waals surface area contributed by atoms with E-state index in [0.29, 0.717) is 34.6 Å². The first-order chi connectivity index (χ1) is 27.6. The van der Waals surface area contributed by atoms with Gasteiger partial charge in [-0.05, 0) is 60.3 Å². The van der Waals surface area contributed by atoms with E-state index in [2.05, 4.69) is 67.4 Å². The number of benzene rings is 2. The predicted molar refractivity (Wildman–Crippen MR) is 226 cm³/mol. The predicted octanol–water partition coefficient (Wildman–Crippen LogP) is 6.41. The molecule has 312 valence electrons. The number of carbonyl (C=O) groups excluding carboxylic acids is 4. The van der Waals surface area contributed by atoms with Gasteiger partial charge in [-0.2, -0.15) is 0 Å². The van der Waals surface area contributed by atoms with E-state index in [4.69, 9.17) is 18.9 Å². The van der Waals surface area contributed by atoms with Crippen LogP contribution in [0.4, 0.5) is 9.59 Å². The van der Waals surface area contributed by atoms with Crippen LogP contribution < -0.4 is 30.7 Å². The molecule has 58 heavy (non-hydrogen) atoms. The van der Waals surface area contributed by atoms with Gasteiger partial charge in [-0.1, -0.05) is 53.9 Å². The first-order valence-electron chi connectivity index (χ1n) is 19.6. The molecule has 1 aliphatic rings. The van der Waals surface area contributed by atoms with Gasteiger partial charge in [-0.3, -0.25) is 9.59 Å². The summed E-state index contributed by atoms with van der Waals surface area (Å²) in [5.74, 6) is 2.45. The molecule has 18 heteroatoms. The van der Waals surface area contributed by atoms with Gasteiger partial charge in [0.25, 0.3) is 0 Å². The number of aromatic amines is 2. The minimum Gasteiger partial charge on any atom is -0.453 e. The van der Waals surface area contributed by atoms with Crippen LogP contribution in [0.2, 0.25) is 38.3 Å². The molecule has 0 bridgehead atoms. The number of H-pyrrole nitrogens is 2. The fourth-order valence-corrected chi connectivity index (χ4v) is 9.19. The van der Waals surface area contributed by atoms with E-state index in [1.165, 1.54) is 14.2 Å². The summed E-state index contributed by atoms with van der Waals surface area (Å²) in [7, 11) is 0.195. The number of nitrogens with zero attached hydrogens (tertiary/aromatic N) is 2. The Morgan fingerprint density at radius 3 is 1.33 bits per heavy atom. The maximum Gasteiger partial charge on any atom is 0.407 e. The minimum absolute atomic E-state index is 0.159. The van der Waals surface area contributed by atoms with Crippen LogP contribution in [0.3, 0.4) is 0 Å². The first-order valence-corrected chi connectivity index (χ1v) is 25.9. The first kappa shape index (κ1) is 43.5. The molecule has 0 fully saturated rings. The summed E-state index contributed by atoms with van der Waals surface area (Å²) in [6, 6.07) is 10.5. The van der Waals surface area contributed by atoms with Crippen molar-refractivity contribution in [3.63, 3.8) is 0 Å². The number of nitrogens with one attached hydrogen (secondary N) is 6. The molecular weight excluding hydrogens is 777 g/mol. The molecule has 4 aromatic rings. The van der Waals surface area contributed by atoms with E-state index in [1.54, 1.807) is 12.4 Å². The maximum absolute atomic E-state index is 13.3. The van der Waals surface area contributed by atoms with Crippen LogP contribution >= 0.6 is 0 Å². The van der Waals surface area contributed by atoms with Crippen molar-refractivity contribution in [2.45, 2.75) is 90.1 Å². The van der Waals surface area contributed by atoms with Gasteiger partial charge in [0, 0.05) is 28.7 Å². The number of aromatic nitrogens is 4. The highest BCUT2D eigenvalue weighted by Crippen LogP contribution is 2.47. The Bertz CT molecular complexity index is 1940. The molecule has 0 saturated heterocycles. The second-order valence-electron chi connectivity index (χ2n) is 16.0. The maximum atomic E-state index is 13.3. The van der Waals surface area contributed by atoms with Gasteiger partial charge in [0.2, 0.25) is 11.8 Å². The number of methoxy groups -OCH3 is 2. The molecule has 5 rings (SSSR count). The number of fused-ring (bicyclic) bond motifs is 2. The number of ether oxygens (including phenoxy) is 4. The van der Waals surface area contributed by atoms with Crippen molar-refractivity contribution < 1.29 is 38.1 Å². The Hall–Kier alpha value is -5.63. The summed E-state index contributed by atoms with van der Waals surface area (Å²) in [6.45, 7) is 16.3. The molecule has 16 nitrogen and oxygen atoms in total. The van der Waals surface area contributed by atoms with E-state index in [9.17, 15) is 19.2 Å². The van der Waals surface area contributed by atoms with Crippen LogP contribution in [-0.4, -0.2) is 87.8 Å². The highest BCUT2D eigenvalue weighted by Gasteiger charge is 2.31. The molecule has 0 saturated carbocycles. The summed E-state index contributed by atoms with van der Waals surface area (Å²) in [5, 5.41) is 11.5. The highest BCUT2D eigenvalue weighted by molar-refractivity contribution is 6.56. The summed E-state index contributed by atoms with van der Waals surface area (Å²) in [6.07, 6.45) is 2.13. The van der Waals surface area contributed by atoms with E-state index < -0.39 is 41.9 Å². The molecule has 2 aromatic heterocycles. The third kappa shape index (κ3) is 10.9. The summed E-state index contributed by atoms with van der Waals surface area (Å²) >= 11 is 0. The minimum atomic E-state index is -1.17. The molecule has 3 heterocycles. The molecule has 0 spiro atoms. The Kier molecular flexibility index (Phi) is 14.4. The zero-order chi connectivity index (χ0) is 42.3. The van der Waals surface area contributed by atoms with Crippen molar-refractivity contribution in [1.29, 1.82) is 0 Å². The lowest BCUT2D eigenvalue weighted by atomic mass is 10.0. The molecule has 2 aromatic carbocycles. The third-order valence-electron chi connectivity index (χ3n) is 9.66. The molecule has 0 unspecified atom stereocenters. The number of alkyl carbamates (subject to hydrolysis) is 2. The molecule has 1 aliphatic heterocycles. The zero-order valence-corrected chi connectivity index (χ0v) is 37.1. The van der Waals surface area contributed by atoms with Gasteiger partial charge < -0.3 is 50.2 Å². The van der Waals surface area contributed by atoms with Gasteiger partial charge in [0.15, 0.2) is 23.0 Å². The Balaban J connectivity index is 1.30. The van der Waals surface area contributed by atoms with Crippen LogP contribution in [0.25, 0.3) is 22.5 Å². The summed E-state index contributed by atoms with van der Waals surface area (Å²) < 4.78 is 22.1. The number of hydrogen-bond acceptors (Lipinski definition) is 10. The van der Waals surface area contributed by atoms with E-state index in [1.807, 2.05) is 64.1 Å². The van der Waals surface area contributed by atoms with Crippen LogP contribution in [0.1, 0.15) is 51.4 Å². The summed E-state index contributed by atoms with van der Waals surface area (Å²) in [5.41, 5.74) is 3.11. The largest absolute Gasteiger partial charge is 0.453 e. The fourth-order valence-electron chi connectivity index (χ4n) is 6.62. The average molecular weight is 833 g/mol. The lowest BCUT2D eigenvalue weighted by molar-refractivity contribution is -0.125. The van der Waals surface area contributed by atoms with E-state index >= 15 is 0 Å². The number of amides is 4. The van der Waals surface area contributed by atoms with Crippen molar-refractivity contribution in [1.82, 2.24) is 41.2 Å². The highest BCUT2D eigenvalue weighted by atomic mass is 28.3. The smallest absolute Gasteiger partial charge is 0.407 e. The molecule has 0 aliphatic carbocycles. The standard InChI is InChI=1S/C40H56N8O8Si2/c1-21(2)33(47-39(51)53-5)37(49)45-27(19-57(7)8)35-41-17-25(43-35)23-11-13-29-31(15-23)55-30-14-12-24(16-32(30)56-29)26-18-42-36(44-26)28(20-58(9)10)46-38(50)34(22(3)4)48-40(52)54-6/h11-18,21-22,27-28,33-34,57-58H,19-20H2,1-10H3,(H,41,43)(H,42,44)(H,45,49)(H,46,50)(H,47,51)(H,48,52)/t27-,28-,33-,34-/m0/s1. The molecule has 4 atom stereocenters. The quantitative estimate of drug-likeness (QED) is 0.0602.